The van der Waals surface area contributed by atoms with Gasteiger partial charge >= 0.3 is 0 Å². The number of aliphatic hydroxyl groups is 1. The number of β-amino-alcohol motifs (C(OH)–C–C–N with tert-alkyl or cyclic N) is 1. The zero-order valence-corrected chi connectivity index (χ0v) is 22.4. The number of likely N-dealkylation sites (tertiary alicyclic amines) is 1. The largest absolute Gasteiger partial charge is 0.480 e. The Labute approximate surface area is 225 Å². The van der Waals surface area contributed by atoms with Gasteiger partial charge in [0, 0.05) is 58.0 Å². The fourth-order valence-corrected chi connectivity index (χ4v) is 5.58. The molecule has 0 aliphatic carbocycles. The molecule has 3 aromatic heterocycles. The number of fused-ring (bicyclic) bond motifs is 2. The lowest BCUT2D eigenvalue weighted by atomic mass is 10.1. The van der Waals surface area contributed by atoms with Crippen molar-refractivity contribution in [3.63, 3.8) is 0 Å². The standard InChI is InChI=1S/C23H26ClN5O3S.2ClH/c1-28-22(31)3-2-18-23(28)16(17(24)9-27-18)4-5-29-11-14(19(30)12-29)7-25-8-15-6-21-20(10-26-15)32-13-33-21;;/h2-3,6,9-10,14,19,25,30H,4-5,7-8,11-13H2,1H3;2*1H/t14-,19+;;/m0../s1. The van der Waals surface area contributed by atoms with E-state index in [1.807, 2.05) is 0 Å². The van der Waals surface area contributed by atoms with Crippen molar-refractivity contribution in [2.45, 2.75) is 24.0 Å². The van der Waals surface area contributed by atoms with Gasteiger partial charge in [0.05, 0.1) is 38.9 Å². The normalized spacial score (nSPS) is 19.2. The molecule has 2 N–H and O–H groups in total. The van der Waals surface area contributed by atoms with Crippen LogP contribution in [0.1, 0.15) is 11.3 Å². The van der Waals surface area contributed by atoms with Crippen molar-refractivity contribution in [1.29, 1.82) is 0 Å². The van der Waals surface area contributed by atoms with Crippen molar-refractivity contribution < 1.29 is 9.84 Å². The lowest BCUT2D eigenvalue weighted by molar-refractivity contribution is 0.140. The molecule has 2 aliphatic heterocycles. The summed E-state index contributed by atoms with van der Waals surface area (Å²) in [7, 11) is 1.75. The molecule has 0 bridgehead atoms. The van der Waals surface area contributed by atoms with Crippen molar-refractivity contribution in [2.75, 3.05) is 32.1 Å². The van der Waals surface area contributed by atoms with Crippen LogP contribution in [0.4, 0.5) is 0 Å². The van der Waals surface area contributed by atoms with E-state index in [-0.39, 0.29) is 42.4 Å². The lowest BCUT2D eigenvalue weighted by Crippen LogP contribution is -2.30. The summed E-state index contributed by atoms with van der Waals surface area (Å²) in [6.45, 7) is 3.54. The maximum atomic E-state index is 12.1. The predicted molar refractivity (Wildman–Crippen MR) is 143 cm³/mol. The van der Waals surface area contributed by atoms with Crippen LogP contribution in [0.2, 0.25) is 5.02 Å². The van der Waals surface area contributed by atoms with Crippen LogP contribution >= 0.6 is 48.2 Å². The first-order chi connectivity index (χ1) is 16.0. The van der Waals surface area contributed by atoms with Crippen LogP contribution in [0.3, 0.4) is 0 Å². The van der Waals surface area contributed by atoms with Gasteiger partial charge in [-0.15, -0.1) is 24.8 Å². The smallest absolute Gasteiger partial charge is 0.250 e. The molecule has 35 heavy (non-hydrogen) atoms. The maximum Gasteiger partial charge on any atom is 0.250 e. The average molecular weight is 561 g/mol. The number of aromatic nitrogens is 3. The molecule has 5 rings (SSSR count). The number of aliphatic hydroxyl groups excluding tert-OH is 1. The summed E-state index contributed by atoms with van der Waals surface area (Å²) in [5, 5.41) is 14.6. The number of hydrogen-bond donors (Lipinski definition) is 2. The zero-order valence-electron chi connectivity index (χ0n) is 19.1. The first kappa shape index (κ1) is 28.0. The van der Waals surface area contributed by atoms with Gasteiger partial charge in [-0.3, -0.25) is 14.8 Å². The van der Waals surface area contributed by atoms with Gasteiger partial charge < -0.3 is 24.6 Å². The molecule has 8 nitrogen and oxygen atoms in total. The molecule has 2 atom stereocenters. The highest BCUT2D eigenvalue weighted by Gasteiger charge is 2.31. The molecule has 5 heterocycles. The van der Waals surface area contributed by atoms with Crippen molar-refractivity contribution in [2.24, 2.45) is 13.0 Å². The van der Waals surface area contributed by atoms with E-state index in [2.05, 4.69) is 26.3 Å². The third kappa shape index (κ3) is 6.05. The van der Waals surface area contributed by atoms with Gasteiger partial charge in [-0.25, -0.2) is 0 Å². The van der Waals surface area contributed by atoms with Crippen LogP contribution in [0.15, 0.2) is 40.3 Å². The minimum atomic E-state index is -0.386. The number of hydrogen-bond acceptors (Lipinski definition) is 8. The second-order valence-electron chi connectivity index (χ2n) is 8.55. The van der Waals surface area contributed by atoms with Gasteiger partial charge in [-0.2, -0.15) is 0 Å². The quantitative estimate of drug-likeness (QED) is 0.456. The third-order valence-electron chi connectivity index (χ3n) is 6.37. The van der Waals surface area contributed by atoms with E-state index in [1.54, 1.807) is 41.8 Å². The van der Waals surface area contributed by atoms with Gasteiger partial charge in [0.25, 0.3) is 5.56 Å². The summed E-state index contributed by atoms with van der Waals surface area (Å²) in [5.41, 5.74) is 3.34. The third-order valence-corrected chi connectivity index (χ3v) is 7.56. The Kier molecular flexibility index (Phi) is 9.67. The minimum Gasteiger partial charge on any atom is -0.480 e. The number of pyridine rings is 3. The van der Waals surface area contributed by atoms with Gasteiger partial charge in [0.15, 0.2) is 5.75 Å². The lowest BCUT2D eigenvalue weighted by Gasteiger charge is -2.18. The van der Waals surface area contributed by atoms with Crippen LogP contribution in [-0.4, -0.2) is 62.8 Å². The molecule has 0 saturated carbocycles. The predicted octanol–water partition coefficient (Wildman–Crippen LogP) is 2.89. The highest BCUT2D eigenvalue weighted by atomic mass is 35.5. The van der Waals surface area contributed by atoms with Crippen LogP contribution < -0.4 is 15.6 Å². The highest BCUT2D eigenvalue weighted by Crippen LogP contribution is 2.35. The van der Waals surface area contributed by atoms with E-state index in [1.165, 1.54) is 6.07 Å². The molecular formula is C23H28Cl3N5O3S. The minimum absolute atomic E-state index is 0. The monoisotopic (exact) mass is 559 g/mol. The fourth-order valence-electron chi connectivity index (χ4n) is 4.56. The first-order valence-electron chi connectivity index (χ1n) is 11.0. The Balaban J connectivity index is 0.00000171. The van der Waals surface area contributed by atoms with Gasteiger partial charge in [0.1, 0.15) is 5.94 Å². The molecule has 0 unspecified atom stereocenters. The summed E-state index contributed by atoms with van der Waals surface area (Å²) in [4.78, 5) is 24.3. The summed E-state index contributed by atoms with van der Waals surface area (Å²) in [5.74, 6) is 1.65. The second-order valence-corrected chi connectivity index (χ2v) is 9.92. The van der Waals surface area contributed by atoms with Crippen molar-refractivity contribution >= 4 is 59.2 Å². The summed E-state index contributed by atoms with van der Waals surface area (Å²) in [6.07, 6.45) is 3.72. The van der Waals surface area contributed by atoms with Crippen LogP contribution in [-0.2, 0) is 20.0 Å². The number of ether oxygens (including phenoxy) is 1. The Morgan fingerprint density at radius 1 is 1.26 bits per heavy atom. The summed E-state index contributed by atoms with van der Waals surface area (Å²) < 4.78 is 7.08. The number of rotatable bonds is 7. The fraction of sp³-hybridized carbons (Fsp3) is 0.435. The Morgan fingerprint density at radius 3 is 2.91 bits per heavy atom. The van der Waals surface area contributed by atoms with Crippen LogP contribution in [0.25, 0.3) is 11.0 Å². The second kappa shape index (κ2) is 12.1. The van der Waals surface area contributed by atoms with E-state index in [0.717, 1.165) is 46.0 Å². The molecule has 12 heteroatoms. The molecular weight excluding hydrogens is 533 g/mol. The molecule has 1 saturated heterocycles. The van der Waals surface area contributed by atoms with Crippen LogP contribution in [0.5, 0.6) is 5.75 Å². The van der Waals surface area contributed by atoms with Crippen molar-refractivity contribution in [3.8, 4) is 5.75 Å². The van der Waals surface area contributed by atoms with Gasteiger partial charge in [-0.05, 0) is 24.1 Å². The van der Waals surface area contributed by atoms with Gasteiger partial charge in [-0.1, -0.05) is 23.4 Å². The van der Waals surface area contributed by atoms with Crippen molar-refractivity contribution in [1.82, 2.24) is 24.8 Å². The number of halogens is 3. The van der Waals surface area contributed by atoms with E-state index in [9.17, 15) is 9.90 Å². The SMILES string of the molecule is Cl.Cl.Cn1c(=O)ccc2ncc(Cl)c(CCN3C[C@H](CNCc4cc5c(cn4)OCS5)[C@H](O)C3)c21. The Hall–Kier alpha value is -1.59. The molecule has 0 radical (unpaired) electrons. The summed E-state index contributed by atoms with van der Waals surface area (Å²) in [6, 6.07) is 5.32. The number of nitrogens with zero attached hydrogens (tertiary/aromatic N) is 4. The molecule has 0 spiro atoms. The van der Waals surface area contributed by atoms with E-state index in [4.69, 9.17) is 16.3 Å². The maximum absolute atomic E-state index is 12.1. The Bertz CT molecular complexity index is 1240. The van der Waals surface area contributed by atoms with Gasteiger partial charge in [0.2, 0.25) is 0 Å². The molecule has 2 aliphatic rings. The van der Waals surface area contributed by atoms with E-state index >= 15 is 0 Å². The van der Waals surface area contributed by atoms with E-state index < -0.39 is 0 Å². The molecule has 190 valence electrons. The molecule has 1 fully saturated rings. The molecule has 0 aromatic carbocycles. The van der Waals surface area contributed by atoms with Crippen molar-refractivity contribution in [3.05, 3.63) is 57.2 Å². The topological polar surface area (TPSA) is 92.5 Å². The molecule has 3 aromatic rings. The first-order valence-corrected chi connectivity index (χ1v) is 12.3. The van der Waals surface area contributed by atoms with E-state index in [0.29, 0.717) is 37.0 Å². The Morgan fingerprint density at radius 2 is 2.09 bits per heavy atom. The number of nitrogens with one attached hydrogen (secondary N) is 1. The number of thioether (sulfide) groups is 1. The van der Waals surface area contributed by atoms with Crippen LogP contribution in [0, 0.1) is 5.92 Å². The number of aryl methyl sites for hydroxylation is 1. The highest BCUT2D eigenvalue weighted by molar-refractivity contribution is 7.99. The zero-order chi connectivity index (χ0) is 22.9. The molecule has 0 amide bonds. The average Bonchev–Trinajstić information content (AvgIpc) is 3.41. The summed E-state index contributed by atoms with van der Waals surface area (Å²) >= 11 is 8.14.